The van der Waals surface area contributed by atoms with Gasteiger partial charge in [0.15, 0.2) is 16.8 Å². The van der Waals surface area contributed by atoms with E-state index < -0.39 is 11.6 Å². The molecule has 4 rings (SSSR count). The molecule has 0 unspecified atom stereocenters. The van der Waals surface area contributed by atoms with Crippen molar-refractivity contribution in [2.75, 3.05) is 22.8 Å². The Kier molecular flexibility index (Phi) is 4.46. The number of nitrogens with one attached hydrogen (secondary N) is 1. The zero-order valence-electron chi connectivity index (χ0n) is 12.9. The van der Waals surface area contributed by atoms with E-state index in [1.165, 1.54) is 29.4 Å². The van der Waals surface area contributed by atoms with Crippen LogP contribution in [-0.2, 0) is 0 Å². The van der Waals surface area contributed by atoms with E-state index in [2.05, 4.69) is 9.71 Å². The van der Waals surface area contributed by atoms with Crippen LogP contribution < -0.4 is 14.4 Å². The lowest BCUT2D eigenvalue weighted by Gasteiger charge is -2.31. The summed E-state index contributed by atoms with van der Waals surface area (Å²) in [6.07, 6.45) is 1.74. The second kappa shape index (κ2) is 6.89. The van der Waals surface area contributed by atoms with Gasteiger partial charge in [0.05, 0.1) is 12.2 Å². The SMILES string of the molecule is Fc1ccc(N2CCOc3cc(SNc4nccs4)ccc32)cc1F. The topological polar surface area (TPSA) is 37.4 Å². The molecule has 2 aromatic carbocycles. The summed E-state index contributed by atoms with van der Waals surface area (Å²) in [6, 6.07) is 9.71. The van der Waals surface area contributed by atoms with E-state index >= 15 is 0 Å². The van der Waals surface area contributed by atoms with Crippen molar-refractivity contribution >= 4 is 39.8 Å². The van der Waals surface area contributed by atoms with Crippen molar-refractivity contribution in [3.63, 3.8) is 0 Å². The molecule has 0 amide bonds. The molecule has 0 aliphatic carbocycles. The number of nitrogens with zero attached hydrogens (tertiary/aromatic N) is 2. The molecule has 0 bridgehead atoms. The van der Waals surface area contributed by atoms with Gasteiger partial charge in [-0.1, -0.05) is 0 Å². The summed E-state index contributed by atoms with van der Waals surface area (Å²) in [7, 11) is 0. The van der Waals surface area contributed by atoms with E-state index in [0.29, 0.717) is 24.6 Å². The van der Waals surface area contributed by atoms with Gasteiger partial charge in [-0.3, -0.25) is 0 Å². The van der Waals surface area contributed by atoms with Crippen LogP contribution >= 0.6 is 23.3 Å². The van der Waals surface area contributed by atoms with Gasteiger partial charge in [-0.05, 0) is 42.3 Å². The van der Waals surface area contributed by atoms with Crippen LogP contribution in [0.1, 0.15) is 0 Å². The monoisotopic (exact) mass is 377 g/mol. The lowest BCUT2D eigenvalue weighted by atomic mass is 10.2. The maximum Gasteiger partial charge on any atom is 0.192 e. The van der Waals surface area contributed by atoms with E-state index in [-0.39, 0.29) is 0 Å². The van der Waals surface area contributed by atoms with E-state index in [9.17, 15) is 8.78 Å². The average Bonchev–Trinajstić information content (AvgIpc) is 3.15. The number of anilines is 3. The third-order valence-electron chi connectivity index (χ3n) is 3.70. The fourth-order valence-corrected chi connectivity index (χ4v) is 3.81. The highest BCUT2D eigenvalue weighted by Gasteiger charge is 2.21. The predicted octanol–water partition coefficient (Wildman–Crippen LogP) is 5.07. The van der Waals surface area contributed by atoms with Crippen LogP contribution in [0.4, 0.5) is 25.3 Å². The lowest BCUT2D eigenvalue weighted by molar-refractivity contribution is 0.313. The molecule has 0 atom stereocenters. The zero-order chi connectivity index (χ0) is 17.2. The first kappa shape index (κ1) is 16.2. The van der Waals surface area contributed by atoms with Crippen molar-refractivity contribution in [3.8, 4) is 5.75 Å². The molecule has 0 radical (unpaired) electrons. The van der Waals surface area contributed by atoms with Gasteiger partial charge in [0.2, 0.25) is 0 Å². The minimum atomic E-state index is -0.856. The van der Waals surface area contributed by atoms with E-state index in [1.54, 1.807) is 12.3 Å². The maximum atomic E-state index is 13.6. The standard InChI is InChI=1S/C17H13F2N3OS2/c18-13-3-1-11(9-14(13)19)22-6-7-23-16-10-12(2-4-15(16)22)25-21-17-20-5-8-24-17/h1-5,8-10H,6-7H2,(H,20,21). The summed E-state index contributed by atoms with van der Waals surface area (Å²) in [5.41, 5.74) is 1.43. The van der Waals surface area contributed by atoms with Gasteiger partial charge in [0, 0.05) is 28.2 Å². The molecule has 0 saturated carbocycles. The van der Waals surface area contributed by atoms with Crippen LogP contribution in [0, 0.1) is 11.6 Å². The highest BCUT2D eigenvalue weighted by Crippen LogP contribution is 2.39. The fraction of sp³-hybridized carbons (Fsp3) is 0.118. The number of halogens is 2. The van der Waals surface area contributed by atoms with Crippen molar-refractivity contribution in [2.45, 2.75) is 4.90 Å². The number of fused-ring (bicyclic) bond motifs is 1. The maximum absolute atomic E-state index is 13.6. The number of aromatic nitrogens is 1. The van der Waals surface area contributed by atoms with Crippen LogP contribution in [0.5, 0.6) is 5.75 Å². The molecular weight excluding hydrogens is 364 g/mol. The summed E-state index contributed by atoms with van der Waals surface area (Å²) in [6.45, 7) is 1.04. The van der Waals surface area contributed by atoms with E-state index in [1.807, 2.05) is 28.5 Å². The third kappa shape index (κ3) is 3.40. The number of thiazole rings is 1. The minimum Gasteiger partial charge on any atom is -0.489 e. The van der Waals surface area contributed by atoms with Crippen molar-refractivity contribution in [1.82, 2.24) is 4.98 Å². The molecule has 1 N–H and O–H groups in total. The summed E-state index contributed by atoms with van der Waals surface area (Å²) in [5.74, 6) is -0.996. The molecule has 0 fully saturated rings. The highest BCUT2D eigenvalue weighted by atomic mass is 32.2. The van der Waals surface area contributed by atoms with Gasteiger partial charge in [-0.25, -0.2) is 13.8 Å². The van der Waals surface area contributed by atoms with E-state index in [0.717, 1.165) is 21.8 Å². The minimum absolute atomic E-state index is 0.472. The first-order chi connectivity index (χ1) is 12.2. The Balaban J connectivity index is 1.58. The first-order valence-electron chi connectivity index (χ1n) is 7.52. The summed E-state index contributed by atoms with van der Waals surface area (Å²) < 4.78 is 35.7. The number of hydrogen-bond donors (Lipinski definition) is 1. The summed E-state index contributed by atoms with van der Waals surface area (Å²) in [5, 5.41) is 2.73. The van der Waals surface area contributed by atoms with Crippen molar-refractivity contribution in [1.29, 1.82) is 0 Å². The third-order valence-corrected chi connectivity index (χ3v) is 5.30. The molecule has 2 heterocycles. The van der Waals surface area contributed by atoms with Gasteiger partial charge >= 0.3 is 0 Å². The molecule has 4 nitrogen and oxygen atoms in total. The highest BCUT2D eigenvalue weighted by molar-refractivity contribution is 8.00. The molecule has 0 saturated heterocycles. The Morgan fingerprint density at radius 1 is 1.16 bits per heavy atom. The largest absolute Gasteiger partial charge is 0.489 e. The molecule has 3 aromatic rings. The lowest BCUT2D eigenvalue weighted by Crippen LogP contribution is -2.28. The van der Waals surface area contributed by atoms with Crippen molar-refractivity contribution in [2.24, 2.45) is 0 Å². The molecule has 1 aliphatic heterocycles. The molecule has 128 valence electrons. The predicted molar refractivity (Wildman–Crippen MR) is 96.9 cm³/mol. The molecule has 25 heavy (non-hydrogen) atoms. The molecular formula is C17H13F2N3OS2. The van der Waals surface area contributed by atoms with Crippen molar-refractivity contribution in [3.05, 3.63) is 59.6 Å². The Bertz CT molecular complexity index is 890. The number of benzene rings is 2. The number of hydrogen-bond acceptors (Lipinski definition) is 6. The van der Waals surface area contributed by atoms with Crippen LogP contribution in [-0.4, -0.2) is 18.1 Å². The fourth-order valence-electron chi connectivity index (χ4n) is 2.56. The van der Waals surface area contributed by atoms with Gasteiger partial charge in [-0.2, -0.15) is 0 Å². The van der Waals surface area contributed by atoms with Gasteiger partial charge < -0.3 is 14.4 Å². The zero-order valence-corrected chi connectivity index (χ0v) is 14.5. The average molecular weight is 377 g/mol. The molecule has 8 heteroatoms. The van der Waals surface area contributed by atoms with Gasteiger partial charge in [-0.15, -0.1) is 11.3 Å². The van der Waals surface area contributed by atoms with Crippen LogP contribution in [0.3, 0.4) is 0 Å². The molecule has 1 aliphatic rings. The van der Waals surface area contributed by atoms with Gasteiger partial charge in [0.1, 0.15) is 12.4 Å². The van der Waals surface area contributed by atoms with Gasteiger partial charge in [0.25, 0.3) is 0 Å². The Morgan fingerprint density at radius 2 is 2.08 bits per heavy atom. The van der Waals surface area contributed by atoms with E-state index in [4.69, 9.17) is 4.74 Å². The summed E-state index contributed by atoms with van der Waals surface area (Å²) >= 11 is 2.96. The normalized spacial score (nSPS) is 13.3. The quantitative estimate of drug-likeness (QED) is 0.643. The summed E-state index contributed by atoms with van der Waals surface area (Å²) in [4.78, 5) is 7.06. The smallest absolute Gasteiger partial charge is 0.192 e. The Labute approximate surface area is 151 Å². The number of rotatable bonds is 4. The first-order valence-corrected chi connectivity index (χ1v) is 9.22. The van der Waals surface area contributed by atoms with Crippen LogP contribution in [0.2, 0.25) is 0 Å². The Morgan fingerprint density at radius 3 is 2.88 bits per heavy atom. The van der Waals surface area contributed by atoms with Crippen LogP contribution in [0.15, 0.2) is 52.9 Å². The molecule has 1 aromatic heterocycles. The second-order valence-electron chi connectivity index (χ2n) is 5.27. The number of ether oxygens (including phenoxy) is 1. The second-order valence-corrected chi connectivity index (χ2v) is 7.04. The van der Waals surface area contributed by atoms with Crippen LogP contribution in [0.25, 0.3) is 0 Å². The molecule has 0 spiro atoms. The van der Waals surface area contributed by atoms with Crippen molar-refractivity contribution < 1.29 is 13.5 Å². The Hall–Kier alpha value is -2.32.